The van der Waals surface area contributed by atoms with Crippen LogP contribution in [0.25, 0.3) is 11.1 Å². The molecule has 0 bridgehead atoms. The summed E-state index contributed by atoms with van der Waals surface area (Å²) in [5.74, 6) is 0.370. The maximum absolute atomic E-state index is 11.9. The zero-order valence-electron chi connectivity index (χ0n) is 14.7. The molecule has 3 nitrogen and oxygen atoms in total. The molecular weight excluding hydrogens is 308 g/mol. The van der Waals surface area contributed by atoms with E-state index in [1.807, 2.05) is 0 Å². The molecule has 0 aromatic heterocycles. The third kappa shape index (κ3) is 3.77. The van der Waals surface area contributed by atoms with Crippen LogP contribution in [0.1, 0.15) is 31.2 Å². The van der Waals surface area contributed by atoms with E-state index in [9.17, 15) is 4.79 Å². The van der Waals surface area contributed by atoms with Crippen molar-refractivity contribution in [2.75, 3.05) is 19.6 Å². The van der Waals surface area contributed by atoms with E-state index in [1.54, 1.807) is 0 Å². The number of hydrogen-bond acceptors (Lipinski definition) is 2. The second-order valence-corrected chi connectivity index (χ2v) is 7.26. The molecule has 2 aromatic rings. The number of benzene rings is 2. The van der Waals surface area contributed by atoms with E-state index in [4.69, 9.17) is 0 Å². The zero-order valence-corrected chi connectivity index (χ0v) is 14.7. The molecule has 0 atom stereocenters. The Balaban J connectivity index is 1.32. The molecule has 0 unspecified atom stereocenters. The first-order chi connectivity index (χ1) is 12.3. The van der Waals surface area contributed by atoms with Crippen molar-refractivity contribution >= 4 is 5.91 Å². The zero-order chi connectivity index (χ0) is 17.1. The number of likely N-dealkylation sites (tertiary alicyclic amines) is 2. The summed E-state index contributed by atoms with van der Waals surface area (Å²) in [4.78, 5) is 16.6. The summed E-state index contributed by atoms with van der Waals surface area (Å²) in [5.41, 5.74) is 3.91. The van der Waals surface area contributed by atoms with Crippen molar-refractivity contribution in [2.24, 2.45) is 0 Å². The molecule has 25 heavy (non-hydrogen) atoms. The molecule has 4 rings (SSSR count). The average Bonchev–Trinajstić information content (AvgIpc) is 3.10. The third-order valence-electron chi connectivity index (χ3n) is 5.58. The second-order valence-electron chi connectivity index (χ2n) is 7.26. The molecule has 2 saturated heterocycles. The lowest BCUT2D eigenvalue weighted by Gasteiger charge is -2.36. The summed E-state index contributed by atoms with van der Waals surface area (Å²) in [6.45, 7) is 4.17. The van der Waals surface area contributed by atoms with E-state index in [2.05, 4.69) is 64.4 Å². The smallest absolute Gasteiger partial charge is 0.222 e. The van der Waals surface area contributed by atoms with Crippen LogP contribution in [-0.4, -0.2) is 41.4 Å². The Hall–Kier alpha value is -2.13. The molecule has 0 saturated carbocycles. The molecule has 2 aromatic carbocycles. The quantitative estimate of drug-likeness (QED) is 0.845. The van der Waals surface area contributed by atoms with Gasteiger partial charge in [-0.1, -0.05) is 54.6 Å². The van der Waals surface area contributed by atoms with Gasteiger partial charge in [0.2, 0.25) is 5.91 Å². The normalized spacial score (nSPS) is 19.5. The van der Waals surface area contributed by atoms with Gasteiger partial charge < -0.3 is 4.90 Å². The number of nitrogens with zero attached hydrogens (tertiary/aromatic N) is 2. The summed E-state index contributed by atoms with van der Waals surface area (Å²) >= 11 is 0. The molecule has 2 aliphatic rings. The standard InChI is InChI=1S/C22H26N2O/c25-22-7-4-14-24(22)21-12-15-23(16-13-21)17-18-8-10-20(11-9-18)19-5-2-1-3-6-19/h1-3,5-6,8-11,21H,4,7,12-17H2. The molecule has 2 heterocycles. The maximum atomic E-state index is 11.9. The Labute approximate surface area is 150 Å². The van der Waals surface area contributed by atoms with Crippen LogP contribution in [0.4, 0.5) is 0 Å². The van der Waals surface area contributed by atoms with Gasteiger partial charge in [0.05, 0.1) is 0 Å². The molecule has 1 amide bonds. The first-order valence-corrected chi connectivity index (χ1v) is 9.46. The van der Waals surface area contributed by atoms with Gasteiger partial charge in [0.15, 0.2) is 0 Å². The number of amides is 1. The Morgan fingerprint density at radius 2 is 1.52 bits per heavy atom. The highest BCUT2D eigenvalue weighted by molar-refractivity contribution is 5.78. The van der Waals surface area contributed by atoms with Crippen molar-refractivity contribution < 1.29 is 4.79 Å². The van der Waals surface area contributed by atoms with E-state index in [1.165, 1.54) is 16.7 Å². The van der Waals surface area contributed by atoms with Gasteiger partial charge in [0.25, 0.3) is 0 Å². The van der Waals surface area contributed by atoms with Crippen LogP contribution in [0, 0.1) is 0 Å². The van der Waals surface area contributed by atoms with Crippen molar-refractivity contribution in [3.8, 4) is 11.1 Å². The predicted octanol–water partition coefficient (Wildman–Crippen LogP) is 3.94. The van der Waals surface area contributed by atoms with Gasteiger partial charge in [-0.2, -0.15) is 0 Å². The lowest BCUT2D eigenvalue weighted by molar-refractivity contribution is -0.130. The molecule has 0 spiro atoms. The Morgan fingerprint density at radius 1 is 0.840 bits per heavy atom. The van der Waals surface area contributed by atoms with Gasteiger partial charge in [0, 0.05) is 38.6 Å². The lowest BCUT2D eigenvalue weighted by atomic mass is 10.0. The van der Waals surface area contributed by atoms with Gasteiger partial charge in [0.1, 0.15) is 0 Å². The van der Waals surface area contributed by atoms with E-state index in [0.29, 0.717) is 11.9 Å². The molecule has 0 aliphatic carbocycles. The number of hydrogen-bond donors (Lipinski definition) is 0. The summed E-state index contributed by atoms with van der Waals surface area (Å²) in [5, 5.41) is 0. The van der Waals surface area contributed by atoms with Crippen molar-refractivity contribution in [2.45, 2.75) is 38.3 Å². The Morgan fingerprint density at radius 3 is 2.16 bits per heavy atom. The Kier molecular flexibility index (Phi) is 4.84. The lowest BCUT2D eigenvalue weighted by Crippen LogP contribution is -2.45. The SMILES string of the molecule is O=C1CCCN1C1CCN(Cc2ccc(-c3ccccc3)cc2)CC1. The minimum absolute atomic E-state index is 0.370. The monoisotopic (exact) mass is 334 g/mol. The van der Waals surface area contributed by atoms with Crippen LogP contribution >= 0.6 is 0 Å². The highest BCUT2D eigenvalue weighted by Crippen LogP contribution is 2.24. The number of carbonyl (C=O) groups excluding carboxylic acids is 1. The first kappa shape index (κ1) is 16.3. The third-order valence-corrected chi connectivity index (χ3v) is 5.58. The van der Waals surface area contributed by atoms with Crippen LogP contribution in [0.2, 0.25) is 0 Å². The summed E-state index contributed by atoms with van der Waals surface area (Å²) in [6.07, 6.45) is 4.04. The minimum Gasteiger partial charge on any atom is -0.340 e. The van der Waals surface area contributed by atoms with E-state index in [0.717, 1.165) is 51.9 Å². The highest BCUT2D eigenvalue weighted by atomic mass is 16.2. The van der Waals surface area contributed by atoms with Crippen LogP contribution in [0.3, 0.4) is 0 Å². The molecule has 130 valence electrons. The second kappa shape index (κ2) is 7.40. The average molecular weight is 334 g/mol. The van der Waals surface area contributed by atoms with E-state index >= 15 is 0 Å². The molecule has 3 heteroatoms. The van der Waals surface area contributed by atoms with Crippen molar-refractivity contribution in [1.82, 2.24) is 9.80 Å². The van der Waals surface area contributed by atoms with Crippen LogP contribution in [0.15, 0.2) is 54.6 Å². The number of rotatable bonds is 4. The van der Waals surface area contributed by atoms with Crippen LogP contribution in [-0.2, 0) is 11.3 Å². The fraction of sp³-hybridized carbons (Fsp3) is 0.409. The van der Waals surface area contributed by atoms with Crippen molar-refractivity contribution in [3.05, 3.63) is 60.2 Å². The fourth-order valence-electron chi connectivity index (χ4n) is 4.14. The minimum atomic E-state index is 0.370. The molecule has 0 N–H and O–H groups in total. The summed E-state index contributed by atoms with van der Waals surface area (Å²) < 4.78 is 0. The predicted molar refractivity (Wildman–Crippen MR) is 101 cm³/mol. The topological polar surface area (TPSA) is 23.6 Å². The summed E-state index contributed by atoms with van der Waals surface area (Å²) in [6, 6.07) is 19.9. The van der Waals surface area contributed by atoms with E-state index < -0.39 is 0 Å². The number of piperidine rings is 1. The maximum Gasteiger partial charge on any atom is 0.222 e. The molecule has 0 radical (unpaired) electrons. The van der Waals surface area contributed by atoms with Gasteiger partial charge in [-0.3, -0.25) is 9.69 Å². The van der Waals surface area contributed by atoms with Crippen LogP contribution < -0.4 is 0 Å². The van der Waals surface area contributed by atoms with Crippen molar-refractivity contribution in [3.63, 3.8) is 0 Å². The van der Waals surface area contributed by atoms with Gasteiger partial charge >= 0.3 is 0 Å². The van der Waals surface area contributed by atoms with Gasteiger partial charge in [-0.25, -0.2) is 0 Å². The fourth-order valence-corrected chi connectivity index (χ4v) is 4.14. The molecule has 2 aliphatic heterocycles. The largest absolute Gasteiger partial charge is 0.340 e. The van der Waals surface area contributed by atoms with Gasteiger partial charge in [-0.15, -0.1) is 0 Å². The van der Waals surface area contributed by atoms with Crippen LogP contribution in [0.5, 0.6) is 0 Å². The van der Waals surface area contributed by atoms with Gasteiger partial charge in [-0.05, 0) is 36.0 Å². The summed E-state index contributed by atoms with van der Waals surface area (Å²) in [7, 11) is 0. The molecule has 2 fully saturated rings. The first-order valence-electron chi connectivity index (χ1n) is 9.46. The van der Waals surface area contributed by atoms with Crippen molar-refractivity contribution in [1.29, 1.82) is 0 Å². The highest BCUT2D eigenvalue weighted by Gasteiger charge is 2.30. The van der Waals surface area contributed by atoms with E-state index in [-0.39, 0.29) is 0 Å². The number of carbonyl (C=O) groups is 1. The molecular formula is C22H26N2O. The Bertz CT molecular complexity index is 703.